The quantitative estimate of drug-likeness (QED) is 0.725. The zero-order valence-electron chi connectivity index (χ0n) is 8.54. The van der Waals surface area contributed by atoms with E-state index in [1.807, 2.05) is 0 Å². The van der Waals surface area contributed by atoms with Gasteiger partial charge < -0.3 is 10.4 Å². The molecule has 0 aromatic rings. The van der Waals surface area contributed by atoms with Crippen molar-refractivity contribution >= 4 is 5.97 Å². The van der Waals surface area contributed by atoms with Crippen molar-refractivity contribution in [1.29, 1.82) is 0 Å². The third-order valence-electron chi connectivity index (χ3n) is 3.61. The van der Waals surface area contributed by atoms with E-state index >= 15 is 0 Å². The standard InChI is InChI=1S/C11H19NO2/c13-11(14)8-5-6-10(7-8)12-9-3-1-2-4-9/h8-10,12H,1-7H2,(H,13,14). The smallest absolute Gasteiger partial charge is 0.306 e. The van der Waals surface area contributed by atoms with Crippen LogP contribution >= 0.6 is 0 Å². The molecule has 3 nitrogen and oxygen atoms in total. The molecular formula is C11H19NO2. The van der Waals surface area contributed by atoms with E-state index in [2.05, 4.69) is 5.32 Å². The summed E-state index contributed by atoms with van der Waals surface area (Å²) in [5.41, 5.74) is 0. The van der Waals surface area contributed by atoms with Gasteiger partial charge in [-0.05, 0) is 32.1 Å². The van der Waals surface area contributed by atoms with Gasteiger partial charge in [0.2, 0.25) is 0 Å². The third-order valence-corrected chi connectivity index (χ3v) is 3.61. The van der Waals surface area contributed by atoms with Crippen molar-refractivity contribution < 1.29 is 9.90 Å². The van der Waals surface area contributed by atoms with E-state index in [9.17, 15) is 4.79 Å². The third kappa shape index (κ3) is 2.27. The molecule has 0 radical (unpaired) electrons. The summed E-state index contributed by atoms with van der Waals surface area (Å²) in [6, 6.07) is 1.15. The van der Waals surface area contributed by atoms with Gasteiger partial charge in [-0.2, -0.15) is 0 Å². The summed E-state index contributed by atoms with van der Waals surface area (Å²) in [6.07, 6.45) is 8.00. The first-order valence-corrected chi connectivity index (χ1v) is 5.74. The summed E-state index contributed by atoms with van der Waals surface area (Å²) in [6.45, 7) is 0. The molecule has 2 rings (SSSR count). The summed E-state index contributed by atoms with van der Waals surface area (Å²) >= 11 is 0. The van der Waals surface area contributed by atoms with Gasteiger partial charge in [-0.1, -0.05) is 12.8 Å². The molecule has 2 unspecified atom stereocenters. The summed E-state index contributed by atoms with van der Waals surface area (Å²) in [5.74, 6) is -0.699. The van der Waals surface area contributed by atoms with Crippen LogP contribution in [0.15, 0.2) is 0 Å². The molecule has 14 heavy (non-hydrogen) atoms. The first kappa shape index (κ1) is 9.97. The Kier molecular flexibility index (Phi) is 3.06. The maximum atomic E-state index is 10.8. The lowest BCUT2D eigenvalue weighted by atomic mass is 10.1. The molecule has 0 aliphatic heterocycles. The predicted molar refractivity (Wildman–Crippen MR) is 54.2 cm³/mol. The second kappa shape index (κ2) is 4.30. The van der Waals surface area contributed by atoms with E-state index in [4.69, 9.17) is 5.11 Å². The Morgan fingerprint density at radius 1 is 1.07 bits per heavy atom. The highest BCUT2D eigenvalue weighted by Gasteiger charge is 2.31. The molecule has 0 bridgehead atoms. The SMILES string of the molecule is O=C(O)C1CCC(NC2CCCC2)C1. The monoisotopic (exact) mass is 197 g/mol. The van der Waals surface area contributed by atoms with Crippen LogP contribution in [0.4, 0.5) is 0 Å². The molecule has 0 heterocycles. The van der Waals surface area contributed by atoms with Gasteiger partial charge in [0, 0.05) is 12.1 Å². The van der Waals surface area contributed by atoms with E-state index in [-0.39, 0.29) is 5.92 Å². The molecule has 2 N–H and O–H groups in total. The topological polar surface area (TPSA) is 49.3 Å². The molecule has 0 aromatic heterocycles. The normalized spacial score (nSPS) is 33.7. The highest BCUT2D eigenvalue weighted by Crippen LogP contribution is 2.28. The highest BCUT2D eigenvalue weighted by molar-refractivity contribution is 5.70. The lowest BCUT2D eigenvalue weighted by Crippen LogP contribution is -2.35. The number of rotatable bonds is 3. The van der Waals surface area contributed by atoms with Crippen LogP contribution < -0.4 is 5.32 Å². The Bertz CT molecular complexity index is 211. The molecule has 2 aliphatic rings. The van der Waals surface area contributed by atoms with Gasteiger partial charge in [0.1, 0.15) is 0 Å². The first-order valence-electron chi connectivity index (χ1n) is 5.74. The zero-order valence-corrected chi connectivity index (χ0v) is 8.54. The van der Waals surface area contributed by atoms with Gasteiger partial charge in [0.15, 0.2) is 0 Å². The number of carboxylic acids is 1. The molecule has 0 saturated heterocycles. The van der Waals surface area contributed by atoms with Crippen molar-refractivity contribution in [2.45, 2.75) is 57.0 Å². The Morgan fingerprint density at radius 2 is 1.79 bits per heavy atom. The van der Waals surface area contributed by atoms with Gasteiger partial charge >= 0.3 is 5.97 Å². The summed E-state index contributed by atoms with van der Waals surface area (Å²) in [5, 5.41) is 12.5. The Hall–Kier alpha value is -0.570. The Labute approximate surface area is 84.9 Å². The van der Waals surface area contributed by atoms with Crippen LogP contribution in [-0.2, 0) is 4.79 Å². The molecule has 2 saturated carbocycles. The van der Waals surface area contributed by atoms with Crippen LogP contribution in [0.2, 0.25) is 0 Å². The van der Waals surface area contributed by atoms with Crippen molar-refractivity contribution in [3.8, 4) is 0 Å². The van der Waals surface area contributed by atoms with Crippen LogP contribution in [0.3, 0.4) is 0 Å². The fourth-order valence-electron chi connectivity index (χ4n) is 2.78. The van der Waals surface area contributed by atoms with Crippen LogP contribution in [0.5, 0.6) is 0 Å². The van der Waals surface area contributed by atoms with E-state index in [0.29, 0.717) is 12.1 Å². The minimum atomic E-state index is -0.610. The van der Waals surface area contributed by atoms with Gasteiger partial charge in [-0.15, -0.1) is 0 Å². The van der Waals surface area contributed by atoms with Crippen LogP contribution in [0, 0.1) is 5.92 Å². The first-order chi connectivity index (χ1) is 6.75. The van der Waals surface area contributed by atoms with Gasteiger partial charge in [-0.3, -0.25) is 4.79 Å². The predicted octanol–water partition coefficient (Wildman–Crippen LogP) is 1.77. The van der Waals surface area contributed by atoms with E-state index in [0.717, 1.165) is 19.3 Å². The number of carbonyl (C=O) groups is 1. The maximum absolute atomic E-state index is 10.8. The fraction of sp³-hybridized carbons (Fsp3) is 0.909. The van der Waals surface area contributed by atoms with Crippen molar-refractivity contribution in [3.05, 3.63) is 0 Å². The molecule has 0 spiro atoms. The highest BCUT2D eigenvalue weighted by atomic mass is 16.4. The minimum Gasteiger partial charge on any atom is -0.481 e. The van der Waals surface area contributed by atoms with Crippen LogP contribution in [-0.4, -0.2) is 23.2 Å². The van der Waals surface area contributed by atoms with Gasteiger partial charge in [0.25, 0.3) is 0 Å². The van der Waals surface area contributed by atoms with Crippen molar-refractivity contribution in [1.82, 2.24) is 5.32 Å². The largest absolute Gasteiger partial charge is 0.481 e. The van der Waals surface area contributed by atoms with Gasteiger partial charge in [-0.25, -0.2) is 0 Å². The van der Waals surface area contributed by atoms with E-state index in [1.165, 1.54) is 25.7 Å². The van der Waals surface area contributed by atoms with Crippen molar-refractivity contribution in [3.63, 3.8) is 0 Å². The maximum Gasteiger partial charge on any atom is 0.306 e. The molecule has 2 atom stereocenters. The number of nitrogens with one attached hydrogen (secondary N) is 1. The van der Waals surface area contributed by atoms with E-state index < -0.39 is 5.97 Å². The number of hydrogen-bond donors (Lipinski definition) is 2. The average molecular weight is 197 g/mol. The molecule has 0 aromatic carbocycles. The second-order valence-corrected chi connectivity index (χ2v) is 4.69. The van der Waals surface area contributed by atoms with Crippen molar-refractivity contribution in [2.24, 2.45) is 5.92 Å². The zero-order chi connectivity index (χ0) is 9.97. The Morgan fingerprint density at radius 3 is 2.36 bits per heavy atom. The second-order valence-electron chi connectivity index (χ2n) is 4.69. The molecule has 2 aliphatic carbocycles. The number of aliphatic carboxylic acids is 1. The Balaban J connectivity index is 1.75. The van der Waals surface area contributed by atoms with Crippen LogP contribution in [0.1, 0.15) is 44.9 Å². The summed E-state index contributed by atoms with van der Waals surface area (Å²) in [4.78, 5) is 10.8. The fourth-order valence-corrected chi connectivity index (χ4v) is 2.78. The lowest BCUT2D eigenvalue weighted by Gasteiger charge is -2.18. The van der Waals surface area contributed by atoms with Gasteiger partial charge in [0.05, 0.1) is 5.92 Å². The molecule has 2 fully saturated rings. The molecule has 80 valence electrons. The number of carboxylic acid groups (broad SMARTS) is 1. The average Bonchev–Trinajstić information content (AvgIpc) is 2.75. The molecule has 0 amide bonds. The summed E-state index contributed by atoms with van der Waals surface area (Å²) < 4.78 is 0. The molecule has 3 heteroatoms. The number of hydrogen-bond acceptors (Lipinski definition) is 2. The summed E-state index contributed by atoms with van der Waals surface area (Å²) in [7, 11) is 0. The van der Waals surface area contributed by atoms with E-state index in [1.54, 1.807) is 0 Å². The van der Waals surface area contributed by atoms with Crippen molar-refractivity contribution in [2.75, 3.05) is 0 Å². The van der Waals surface area contributed by atoms with Crippen LogP contribution in [0.25, 0.3) is 0 Å². The minimum absolute atomic E-state index is 0.0890. The molecular weight excluding hydrogens is 178 g/mol. The lowest BCUT2D eigenvalue weighted by molar-refractivity contribution is -0.141.